The first-order chi connectivity index (χ1) is 10.9. The zero-order valence-corrected chi connectivity index (χ0v) is 13.3. The third-order valence-electron chi connectivity index (χ3n) is 2.73. The predicted molar refractivity (Wildman–Crippen MR) is 87.5 cm³/mol. The summed E-state index contributed by atoms with van der Waals surface area (Å²) in [6, 6.07) is 15.9. The molecule has 2 aromatic rings. The van der Waals surface area contributed by atoms with Gasteiger partial charge in [-0.1, -0.05) is 12.1 Å². The maximum absolute atomic E-state index is 11.7. The van der Waals surface area contributed by atoms with Crippen LogP contribution in [0, 0.1) is 11.3 Å². The number of hydrogen-bond donors (Lipinski definition) is 1. The first-order valence-electron chi connectivity index (χ1n) is 7.14. The van der Waals surface area contributed by atoms with Gasteiger partial charge in [0.25, 0.3) is 0 Å². The van der Waals surface area contributed by atoms with Gasteiger partial charge < -0.3 is 9.47 Å². The van der Waals surface area contributed by atoms with Gasteiger partial charge in [0.2, 0.25) is 0 Å². The quantitative estimate of drug-likeness (QED) is 0.892. The molecular formula is C18H18N2O3. The Hall–Kier alpha value is -3.00. The minimum absolute atomic E-state index is 0.462. The van der Waals surface area contributed by atoms with E-state index in [1.54, 1.807) is 69.3 Å². The van der Waals surface area contributed by atoms with Crippen molar-refractivity contribution in [2.75, 3.05) is 5.32 Å². The molecule has 0 aromatic heterocycles. The number of para-hydroxylation sites is 1. The van der Waals surface area contributed by atoms with Crippen molar-refractivity contribution in [3.05, 3.63) is 54.1 Å². The number of hydrogen-bond acceptors (Lipinski definition) is 4. The molecule has 0 unspecified atom stereocenters. The zero-order valence-electron chi connectivity index (χ0n) is 13.3. The average molecular weight is 310 g/mol. The molecule has 0 fully saturated rings. The minimum Gasteiger partial charge on any atom is -0.456 e. The van der Waals surface area contributed by atoms with Crippen LogP contribution in [0.4, 0.5) is 10.5 Å². The van der Waals surface area contributed by atoms with E-state index < -0.39 is 11.7 Å². The van der Waals surface area contributed by atoms with Crippen molar-refractivity contribution >= 4 is 11.8 Å². The highest BCUT2D eigenvalue weighted by Crippen LogP contribution is 2.26. The largest absolute Gasteiger partial charge is 0.456 e. The highest BCUT2D eigenvalue weighted by atomic mass is 16.6. The van der Waals surface area contributed by atoms with Crippen LogP contribution >= 0.6 is 0 Å². The number of nitrogens with one attached hydrogen (secondary N) is 1. The van der Waals surface area contributed by atoms with E-state index in [1.807, 2.05) is 0 Å². The second kappa shape index (κ2) is 6.84. The molecule has 0 aliphatic heterocycles. The molecule has 23 heavy (non-hydrogen) atoms. The molecule has 0 spiro atoms. The molecular weight excluding hydrogens is 292 g/mol. The summed E-state index contributed by atoms with van der Waals surface area (Å²) in [6.45, 7) is 5.41. The Morgan fingerprint density at radius 1 is 1.09 bits per heavy atom. The summed E-state index contributed by atoms with van der Waals surface area (Å²) >= 11 is 0. The van der Waals surface area contributed by atoms with E-state index in [4.69, 9.17) is 14.7 Å². The number of nitrogens with zero attached hydrogens (tertiary/aromatic N) is 1. The Balaban J connectivity index is 2.03. The molecule has 0 bridgehead atoms. The lowest BCUT2D eigenvalue weighted by atomic mass is 10.2. The SMILES string of the molecule is CC(C)(C)OC(=O)Nc1ccc(Oc2ccccc2C#N)cc1. The van der Waals surface area contributed by atoms with Crippen molar-refractivity contribution in [2.45, 2.75) is 26.4 Å². The van der Waals surface area contributed by atoms with Crippen molar-refractivity contribution in [3.63, 3.8) is 0 Å². The monoisotopic (exact) mass is 310 g/mol. The van der Waals surface area contributed by atoms with Gasteiger partial charge in [-0.15, -0.1) is 0 Å². The summed E-state index contributed by atoms with van der Waals surface area (Å²) in [5.74, 6) is 1.06. The first-order valence-corrected chi connectivity index (χ1v) is 7.14. The van der Waals surface area contributed by atoms with Gasteiger partial charge in [0.1, 0.15) is 23.2 Å². The number of amides is 1. The molecule has 1 amide bonds. The standard InChI is InChI=1S/C18H18N2O3/c1-18(2,3)23-17(21)20-14-8-10-15(11-9-14)22-16-7-5-4-6-13(16)12-19/h4-11H,1-3H3,(H,20,21). The Kier molecular flexibility index (Phi) is 4.87. The summed E-state index contributed by atoms with van der Waals surface area (Å²) in [7, 11) is 0. The van der Waals surface area contributed by atoms with E-state index in [2.05, 4.69) is 11.4 Å². The third-order valence-corrected chi connectivity index (χ3v) is 2.73. The van der Waals surface area contributed by atoms with E-state index in [0.29, 0.717) is 22.7 Å². The number of ether oxygens (including phenoxy) is 2. The van der Waals surface area contributed by atoms with Crippen molar-refractivity contribution in [2.24, 2.45) is 0 Å². The van der Waals surface area contributed by atoms with Gasteiger partial charge >= 0.3 is 6.09 Å². The molecule has 0 atom stereocenters. The van der Waals surface area contributed by atoms with Crippen molar-refractivity contribution < 1.29 is 14.3 Å². The van der Waals surface area contributed by atoms with Gasteiger partial charge in [-0.05, 0) is 57.2 Å². The van der Waals surface area contributed by atoms with Crippen molar-refractivity contribution in [1.29, 1.82) is 5.26 Å². The highest BCUT2D eigenvalue weighted by Gasteiger charge is 2.16. The number of anilines is 1. The molecule has 0 radical (unpaired) electrons. The number of carbonyl (C=O) groups is 1. The summed E-state index contributed by atoms with van der Waals surface area (Å²) in [4.78, 5) is 11.7. The van der Waals surface area contributed by atoms with Crippen molar-refractivity contribution in [3.8, 4) is 17.6 Å². The highest BCUT2D eigenvalue weighted by molar-refractivity contribution is 5.84. The van der Waals surface area contributed by atoms with E-state index in [1.165, 1.54) is 0 Å². The second-order valence-corrected chi connectivity index (χ2v) is 5.86. The lowest BCUT2D eigenvalue weighted by molar-refractivity contribution is 0.0636. The lowest BCUT2D eigenvalue weighted by Gasteiger charge is -2.19. The van der Waals surface area contributed by atoms with Crippen LogP contribution in [0.5, 0.6) is 11.5 Å². The second-order valence-electron chi connectivity index (χ2n) is 5.86. The minimum atomic E-state index is -0.547. The number of rotatable bonds is 3. The molecule has 118 valence electrons. The third kappa shape index (κ3) is 5.04. The fraction of sp³-hybridized carbons (Fsp3) is 0.222. The fourth-order valence-electron chi connectivity index (χ4n) is 1.80. The number of benzene rings is 2. The maximum atomic E-state index is 11.7. The molecule has 0 saturated carbocycles. The lowest BCUT2D eigenvalue weighted by Crippen LogP contribution is -2.27. The Morgan fingerprint density at radius 3 is 2.35 bits per heavy atom. The predicted octanol–water partition coefficient (Wildman–Crippen LogP) is 4.70. The van der Waals surface area contributed by atoms with E-state index in [-0.39, 0.29) is 0 Å². The average Bonchev–Trinajstić information content (AvgIpc) is 2.48. The van der Waals surface area contributed by atoms with E-state index in [9.17, 15) is 4.79 Å². The Morgan fingerprint density at radius 2 is 1.74 bits per heavy atom. The molecule has 5 heteroatoms. The molecule has 0 aliphatic rings. The van der Waals surface area contributed by atoms with Crippen LogP contribution in [-0.2, 0) is 4.74 Å². The van der Waals surface area contributed by atoms with Gasteiger partial charge in [-0.3, -0.25) is 5.32 Å². The van der Waals surface area contributed by atoms with Crippen LogP contribution in [0.2, 0.25) is 0 Å². The molecule has 2 rings (SSSR count). The van der Waals surface area contributed by atoms with Gasteiger partial charge in [0.05, 0.1) is 5.56 Å². The van der Waals surface area contributed by atoms with Crippen LogP contribution in [0.15, 0.2) is 48.5 Å². The molecule has 2 aromatic carbocycles. The summed E-state index contributed by atoms with van der Waals surface area (Å²) in [6.07, 6.45) is -0.513. The molecule has 0 saturated heterocycles. The van der Waals surface area contributed by atoms with Crippen LogP contribution in [0.25, 0.3) is 0 Å². The smallest absolute Gasteiger partial charge is 0.412 e. The van der Waals surface area contributed by atoms with Gasteiger partial charge in [-0.25, -0.2) is 4.79 Å². The summed E-state index contributed by atoms with van der Waals surface area (Å²) < 4.78 is 10.9. The molecule has 1 N–H and O–H groups in total. The number of carbonyl (C=O) groups excluding carboxylic acids is 1. The van der Waals surface area contributed by atoms with Crippen LogP contribution in [0.1, 0.15) is 26.3 Å². The van der Waals surface area contributed by atoms with Crippen LogP contribution in [-0.4, -0.2) is 11.7 Å². The molecule has 0 aliphatic carbocycles. The topological polar surface area (TPSA) is 71.3 Å². The van der Waals surface area contributed by atoms with E-state index in [0.717, 1.165) is 0 Å². The number of nitriles is 1. The molecule has 0 heterocycles. The summed E-state index contributed by atoms with van der Waals surface area (Å²) in [5.41, 5.74) is 0.511. The van der Waals surface area contributed by atoms with Gasteiger partial charge in [0.15, 0.2) is 0 Å². The van der Waals surface area contributed by atoms with Crippen LogP contribution in [0.3, 0.4) is 0 Å². The first kappa shape index (κ1) is 16.4. The van der Waals surface area contributed by atoms with Crippen LogP contribution < -0.4 is 10.1 Å². The Bertz CT molecular complexity index is 725. The Labute approximate surface area is 135 Å². The zero-order chi connectivity index (χ0) is 16.9. The maximum Gasteiger partial charge on any atom is 0.412 e. The van der Waals surface area contributed by atoms with Gasteiger partial charge in [0, 0.05) is 5.69 Å². The van der Waals surface area contributed by atoms with Gasteiger partial charge in [-0.2, -0.15) is 5.26 Å². The normalized spacial score (nSPS) is 10.5. The summed E-state index contributed by atoms with van der Waals surface area (Å²) in [5, 5.41) is 11.7. The fourth-order valence-corrected chi connectivity index (χ4v) is 1.80. The van der Waals surface area contributed by atoms with Crippen molar-refractivity contribution in [1.82, 2.24) is 0 Å². The van der Waals surface area contributed by atoms with E-state index >= 15 is 0 Å². The molecule has 5 nitrogen and oxygen atoms in total.